The molecule has 3 aliphatic rings. The number of benzene rings is 1. The number of hydrogen-bond donors (Lipinski definition) is 0. The van der Waals surface area contributed by atoms with Gasteiger partial charge in [0.05, 0.1) is 7.11 Å². The van der Waals surface area contributed by atoms with Crippen molar-refractivity contribution in [3.05, 3.63) is 29.8 Å². The van der Waals surface area contributed by atoms with Crippen molar-refractivity contribution in [2.24, 2.45) is 11.3 Å². The topological polar surface area (TPSA) is 59.1 Å². The van der Waals surface area contributed by atoms with Gasteiger partial charge in [-0.3, -0.25) is 9.59 Å². The second-order valence-corrected chi connectivity index (χ2v) is 8.49. The average molecular weight is 386 g/mol. The Bertz CT molecular complexity index is 721. The molecular formula is C22H30N2O4. The summed E-state index contributed by atoms with van der Waals surface area (Å²) in [5.74, 6) is 1.46. The van der Waals surface area contributed by atoms with Crippen LogP contribution in [0.4, 0.5) is 0 Å². The average Bonchev–Trinajstić information content (AvgIpc) is 3.03. The SMILES string of the molecule is COc1cccc(CN2CC3(CCN(C(=O)C4CCOCC4)CC3)CC2=O)c1. The van der Waals surface area contributed by atoms with Gasteiger partial charge in [0, 0.05) is 57.1 Å². The number of nitrogens with zero attached hydrogens (tertiary/aromatic N) is 2. The Morgan fingerprint density at radius 2 is 2.00 bits per heavy atom. The molecule has 6 heteroatoms. The highest BCUT2D eigenvalue weighted by atomic mass is 16.5. The Hall–Kier alpha value is -2.08. The molecule has 3 aliphatic heterocycles. The number of carbonyl (C=O) groups excluding carboxylic acids is 2. The van der Waals surface area contributed by atoms with E-state index >= 15 is 0 Å². The summed E-state index contributed by atoms with van der Waals surface area (Å²) in [4.78, 5) is 29.4. The van der Waals surface area contributed by atoms with Crippen LogP contribution in [0.15, 0.2) is 24.3 Å². The van der Waals surface area contributed by atoms with Crippen LogP contribution in [0.3, 0.4) is 0 Å². The predicted octanol–water partition coefficient (Wildman–Crippen LogP) is 2.46. The molecule has 0 atom stereocenters. The first-order valence-electron chi connectivity index (χ1n) is 10.4. The molecule has 1 spiro atoms. The van der Waals surface area contributed by atoms with E-state index in [4.69, 9.17) is 9.47 Å². The Morgan fingerprint density at radius 3 is 2.71 bits per heavy atom. The Kier molecular flexibility index (Phi) is 5.58. The lowest BCUT2D eigenvalue weighted by Gasteiger charge is -2.40. The molecule has 28 heavy (non-hydrogen) atoms. The van der Waals surface area contributed by atoms with Gasteiger partial charge in [0.2, 0.25) is 11.8 Å². The molecule has 4 rings (SSSR count). The van der Waals surface area contributed by atoms with Gasteiger partial charge in [-0.1, -0.05) is 12.1 Å². The van der Waals surface area contributed by atoms with E-state index in [2.05, 4.69) is 0 Å². The monoisotopic (exact) mass is 386 g/mol. The van der Waals surface area contributed by atoms with Crippen molar-refractivity contribution in [2.45, 2.75) is 38.6 Å². The lowest BCUT2D eigenvalue weighted by molar-refractivity contribution is -0.140. The van der Waals surface area contributed by atoms with Crippen molar-refractivity contribution in [3.8, 4) is 5.75 Å². The van der Waals surface area contributed by atoms with E-state index in [1.807, 2.05) is 34.1 Å². The number of hydrogen-bond acceptors (Lipinski definition) is 4. The van der Waals surface area contributed by atoms with Crippen molar-refractivity contribution in [2.75, 3.05) is 40.0 Å². The van der Waals surface area contributed by atoms with E-state index in [-0.39, 0.29) is 23.1 Å². The Balaban J connectivity index is 1.34. The number of rotatable bonds is 4. The van der Waals surface area contributed by atoms with Gasteiger partial charge in [-0.05, 0) is 43.4 Å². The molecule has 0 aliphatic carbocycles. The molecule has 3 fully saturated rings. The summed E-state index contributed by atoms with van der Waals surface area (Å²) >= 11 is 0. The molecule has 0 N–H and O–H groups in total. The molecule has 2 amide bonds. The van der Waals surface area contributed by atoms with Gasteiger partial charge in [0.1, 0.15) is 5.75 Å². The molecule has 1 aromatic rings. The van der Waals surface area contributed by atoms with Crippen LogP contribution in [0, 0.1) is 11.3 Å². The zero-order valence-corrected chi connectivity index (χ0v) is 16.7. The first kappa shape index (κ1) is 19.2. The highest BCUT2D eigenvalue weighted by molar-refractivity contribution is 5.80. The van der Waals surface area contributed by atoms with Crippen LogP contribution in [0.2, 0.25) is 0 Å². The zero-order chi connectivity index (χ0) is 19.6. The van der Waals surface area contributed by atoms with Crippen LogP contribution < -0.4 is 4.74 Å². The summed E-state index contributed by atoms with van der Waals surface area (Å²) in [7, 11) is 1.66. The number of likely N-dealkylation sites (tertiary alicyclic amines) is 2. The van der Waals surface area contributed by atoms with Crippen molar-refractivity contribution < 1.29 is 19.1 Å². The fourth-order valence-corrected chi connectivity index (χ4v) is 4.86. The summed E-state index contributed by atoms with van der Waals surface area (Å²) in [6, 6.07) is 7.91. The Labute approximate surface area is 166 Å². The molecule has 0 unspecified atom stereocenters. The number of methoxy groups -OCH3 is 1. The summed E-state index contributed by atoms with van der Waals surface area (Å²) in [6.07, 6.45) is 4.13. The van der Waals surface area contributed by atoms with Gasteiger partial charge >= 0.3 is 0 Å². The minimum absolute atomic E-state index is 0.0302. The van der Waals surface area contributed by atoms with Crippen LogP contribution in [0.1, 0.15) is 37.7 Å². The lowest BCUT2D eigenvalue weighted by atomic mass is 9.77. The van der Waals surface area contributed by atoms with Crippen LogP contribution in [0.25, 0.3) is 0 Å². The molecule has 6 nitrogen and oxygen atoms in total. The first-order chi connectivity index (χ1) is 13.6. The van der Waals surface area contributed by atoms with Crippen LogP contribution in [0.5, 0.6) is 5.75 Å². The minimum Gasteiger partial charge on any atom is -0.497 e. The van der Waals surface area contributed by atoms with E-state index in [9.17, 15) is 9.59 Å². The number of piperidine rings is 1. The lowest BCUT2D eigenvalue weighted by Crippen LogP contribution is -2.47. The second-order valence-electron chi connectivity index (χ2n) is 8.49. The third-order valence-electron chi connectivity index (χ3n) is 6.62. The molecule has 0 radical (unpaired) electrons. The molecule has 0 saturated carbocycles. The molecule has 152 valence electrons. The van der Waals surface area contributed by atoms with Crippen LogP contribution >= 0.6 is 0 Å². The molecule has 0 aromatic heterocycles. The number of amides is 2. The van der Waals surface area contributed by atoms with E-state index in [1.54, 1.807) is 7.11 Å². The molecule has 0 bridgehead atoms. The van der Waals surface area contributed by atoms with Gasteiger partial charge in [-0.25, -0.2) is 0 Å². The van der Waals surface area contributed by atoms with Crippen molar-refractivity contribution in [1.29, 1.82) is 0 Å². The number of carbonyl (C=O) groups is 2. The van der Waals surface area contributed by atoms with Gasteiger partial charge in [-0.2, -0.15) is 0 Å². The maximum atomic E-state index is 12.8. The predicted molar refractivity (Wildman–Crippen MR) is 105 cm³/mol. The van der Waals surface area contributed by atoms with E-state index < -0.39 is 0 Å². The normalized spacial score (nSPS) is 22.7. The molecular weight excluding hydrogens is 356 g/mol. The first-order valence-corrected chi connectivity index (χ1v) is 10.4. The fraction of sp³-hybridized carbons (Fsp3) is 0.636. The smallest absolute Gasteiger partial charge is 0.225 e. The largest absolute Gasteiger partial charge is 0.497 e. The van der Waals surface area contributed by atoms with E-state index in [0.29, 0.717) is 26.2 Å². The highest BCUT2D eigenvalue weighted by Crippen LogP contribution is 2.42. The highest BCUT2D eigenvalue weighted by Gasteiger charge is 2.45. The maximum absolute atomic E-state index is 12.8. The van der Waals surface area contributed by atoms with Gasteiger partial charge < -0.3 is 19.3 Å². The molecule has 3 saturated heterocycles. The zero-order valence-electron chi connectivity index (χ0n) is 16.7. The van der Waals surface area contributed by atoms with Crippen molar-refractivity contribution >= 4 is 11.8 Å². The maximum Gasteiger partial charge on any atom is 0.225 e. The van der Waals surface area contributed by atoms with E-state index in [0.717, 1.165) is 56.6 Å². The fourth-order valence-electron chi connectivity index (χ4n) is 4.86. The quantitative estimate of drug-likeness (QED) is 0.798. The summed E-state index contributed by atoms with van der Waals surface area (Å²) in [5.41, 5.74) is 1.12. The Morgan fingerprint density at radius 1 is 1.25 bits per heavy atom. The van der Waals surface area contributed by atoms with Crippen molar-refractivity contribution in [1.82, 2.24) is 9.80 Å². The second kappa shape index (κ2) is 8.11. The van der Waals surface area contributed by atoms with Crippen LogP contribution in [-0.2, 0) is 20.9 Å². The van der Waals surface area contributed by atoms with Crippen molar-refractivity contribution in [3.63, 3.8) is 0 Å². The van der Waals surface area contributed by atoms with Gasteiger partial charge in [0.25, 0.3) is 0 Å². The molecule has 3 heterocycles. The van der Waals surface area contributed by atoms with Crippen LogP contribution in [-0.4, -0.2) is 61.6 Å². The number of ether oxygens (including phenoxy) is 2. The molecule has 1 aromatic carbocycles. The van der Waals surface area contributed by atoms with Gasteiger partial charge in [-0.15, -0.1) is 0 Å². The third kappa shape index (κ3) is 4.02. The standard InChI is InChI=1S/C22H30N2O4/c1-27-19-4-2-3-17(13-19)15-24-16-22(14-20(24)25)7-9-23(10-8-22)21(26)18-5-11-28-12-6-18/h2-4,13,18H,5-12,14-16H2,1H3. The third-order valence-corrected chi connectivity index (χ3v) is 6.62. The summed E-state index contributed by atoms with van der Waals surface area (Å²) in [6.45, 7) is 4.36. The summed E-state index contributed by atoms with van der Waals surface area (Å²) < 4.78 is 10.7. The minimum atomic E-state index is 0.0302. The summed E-state index contributed by atoms with van der Waals surface area (Å²) in [5, 5.41) is 0. The van der Waals surface area contributed by atoms with E-state index in [1.165, 1.54) is 0 Å². The van der Waals surface area contributed by atoms with Gasteiger partial charge in [0.15, 0.2) is 0 Å².